The molecule has 0 radical (unpaired) electrons. The molecule has 41 heavy (non-hydrogen) atoms. The number of carbonyl (C=O) groups is 2. The first-order chi connectivity index (χ1) is 19.9. The number of hydrogen-bond donors (Lipinski definition) is 3. The lowest BCUT2D eigenvalue weighted by Crippen LogP contribution is -2.29. The van der Waals surface area contributed by atoms with Crippen LogP contribution >= 0.6 is 0 Å². The van der Waals surface area contributed by atoms with Crippen LogP contribution in [-0.4, -0.2) is 66.3 Å². The van der Waals surface area contributed by atoms with E-state index in [1.165, 1.54) is 21.3 Å². The van der Waals surface area contributed by atoms with Crippen LogP contribution < -0.4 is 24.0 Å². The number of aromatic hydroxyl groups is 1. The number of phenolic OH excluding ortho intramolecular Hbond substituents is 1. The van der Waals surface area contributed by atoms with Crippen molar-refractivity contribution in [1.82, 2.24) is 15.0 Å². The Morgan fingerprint density at radius 2 is 1.56 bits per heavy atom. The summed E-state index contributed by atoms with van der Waals surface area (Å²) in [6, 6.07) is 8.72. The van der Waals surface area contributed by atoms with Crippen molar-refractivity contribution in [3.8, 4) is 23.0 Å². The number of rotatable bonds is 5. The van der Waals surface area contributed by atoms with Gasteiger partial charge >= 0.3 is 0 Å². The largest absolute Gasteiger partial charge is 0.506 e. The Bertz CT molecular complexity index is 1890. The number of benzene rings is 2. The number of carbonyl (C=O) groups excluding carboxylic acids is 2. The zero-order chi connectivity index (χ0) is 28.4. The number of anilines is 2. The highest BCUT2D eigenvalue weighted by molar-refractivity contribution is 6.13. The number of methoxy groups -OCH3 is 3. The average Bonchev–Trinajstić information content (AvgIpc) is 3.78. The predicted molar refractivity (Wildman–Crippen MR) is 153 cm³/mol. The van der Waals surface area contributed by atoms with Crippen molar-refractivity contribution >= 4 is 45.0 Å². The predicted octanol–water partition coefficient (Wildman–Crippen LogP) is 4.18. The van der Waals surface area contributed by atoms with Crippen molar-refractivity contribution in [1.29, 1.82) is 0 Å². The van der Waals surface area contributed by atoms with Gasteiger partial charge in [0.25, 0.3) is 11.8 Å². The lowest BCUT2D eigenvalue weighted by molar-refractivity contribution is 0.0978. The molecule has 2 amide bonds. The molecule has 0 unspecified atom stereocenters. The number of hydrogen-bond acceptors (Lipinski definition) is 7. The molecule has 0 fully saturated rings. The summed E-state index contributed by atoms with van der Waals surface area (Å²) in [6.07, 6.45) is 4.78. The van der Waals surface area contributed by atoms with Crippen LogP contribution in [0, 0.1) is 0 Å². The van der Waals surface area contributed by atoms with Crippen molar-refractivity contribution in [2.45, 2.75) is 12.8 Å². The summed E-state index contributed by atoms with van der Waals surface area (Å²) in [5.41, 5.74) is 5.20. The number of nitrogens with one attached hydrogen (secondary N) is 2. The fraction of sp³-hybridized carbons (Fsp3) is 0.233. The summed E-state index contributed by atoms with van der Waals surface area (Å²) >= 11 is 0. The first-order valence-electron chi connectivity index (χ1n) is 13.2. The third kappa shape index (κ3) is 3.62. The maximum atomic E-state index is 13.8. The van der Waals surface area contributed by atoms with Crippen LogP contribution in [0.1, 0.15) is 32.1 Å². The van der Waals surface area contributed by atoms with E-state index in [-0.39, 0.29) is 17.6 Å². The van der Waals surface area contributed by atoms with Crippen molar-refractivity contribution in [2.75, 3.05) is 44.2 Å². The number of amides is 2. The van der Waals surface area contributed by atoms with Crippen LogP contribution in [-0.2, 0) is 12.8 Å². The molecule has 0 saturated heterocycles. The molecular formula is C30H27N5O6. The van der Waals surface area contributed by atoms with Gasteiger partial charge in [0.1, 0.15) is 17.1 Å². The summed E-state index contributed by atoms with van der Waals surface area (Å²) in [5, 5.41) is 12.4. The molecule has 2 aliphatic heterocycles. The van der Waals surface area contributed by atoms with Crippen molar-refractivity contribution < 1.29 is 28.9 Å². The zero-order valence-electron chi connectivity index (χ0n) is 22.7. The van der Waals surface area contributed by atoms with Crippen molar-refractivity contribution in [2.24, 2.45) is 0 Å². The second kappa shape index (κ2) is 9.19. The van der Waals surface area contributed by atoms with Gasteiger partial charge < -0.3 is 39.1 Å². The average molecular weight is 554 g/mol. The van der Waals surface area contributed by atoms with E-state index in [0.717, 1.165) is 34.0 Å². The topological polar surface area (TPSA) is 133 Å². The Morgan fingerprint density at radius 3 is 2.32 bits per heavy atom. The Hall–Kier alpha value is -5.19. The summed E-state index contributed by atoms with van der Waals surface area (Å²) < 4.78 is 16.5. The normalized spacial score (nSPS) is 14.0. The van der Waals surface area contributed by atoms with Gasteiger partial charge in [0, 0.05) is 42.3 Å². The number of fused-ring (bicyclic) bond motifs is 5. The van der Waals surface area contributed by atoms with E-state index < -0.39 is 0 Å². The minimum absolute atomic E-state index is 0.0312. The van der Waals surface area contributed by atoms with Gasteiger partial charge in [0.2, 0.25) is 5.75 Å². The van der Waals surface area contributed by atoms with Crippen LogP contribution in [0.2, 0.25) is 0 Å². The second-order valence-electron chi connectivity index (χ2n) is 10.1. The standard InChI is InChI=1S/C30H27N5O6/c1-39-24-11-16-10-19(32-25(16)28(41-3)27(24)40-2)29(37)35-9-6-17-18-12-20(33-26(18)23(36)13-22(17)35)30(38)34-8-5-15-14-31-7-4-21(15)34/h4,7,10-14,32-33,36H,5-6,8-9H2,1-3H3. The van der Waals surface area contributed by atoms with Gasteiger partial charge in [-0.05, 0) is 48.2 Å². The molecule has 0 aliphatic carbocycles. The van der Waals surface area contributed by atoms with Gasteiger partial charge in [0.05, 0.1) is 43.7 Å². The van der Waals surface area contributed by atoms with Crippen LogP contribution in [0.5, 0.6) is 23.0 Å². The van der Waals surface area contributed by atoms with Crippen LogP contribution in [0.3, 0.4) is 0 Å². The van der Waals surface area contributed by atoms with Crippen molar-refractivity contribution in [3.05, 3.63) is 65.2 Å². The second-order valence-corrected chi connectivity index (χ2v) is 10.1. The molecule has 0 atom stereocenters. The third-order valence-electron chi connectivity index (χ3n) is 8.00. The molecular weight excluding hydrogens is 526 g/mol. The number of H-pyrrole nitrogens is 2. The minimum atomic E-state index is -0.257. The lowest BCUT2D eigenvalue weighted by atomic mass is 10.1. The van der Waals surface area contributed by atoms with E-state index in [2.05, 4.69) is 15.0 Å². The number of ether oxygens (including phenoxy) is 3. The zero-order valence-corrected chi connectivity index (χ0v) is 22.7. The molecule has 2 aliphatic rings. The van der Waals surface area contributed by atoms with Gasteiger partial charge in [-0.15, -0.1) is 0 Å². The monoisotopic (exact) mass is 553 g/mol. The van der Waals surface area contributed by atoms with Crippen molar-refractivity contribution in [3.63, 3.8) is 0 Å². The molecule has 0 bridgehead atoms. The molecule has 5 aromatic rings. The molecule has 5 heterocycles. The van der Waals surface area contributed by atoms with Crippen LogP contribution in [0.15, 0.2) is 42.7 Å². The Balaban J connectivity index is 1.25. The molecule has 11 heteroatoms. The number of nitrogens with zero attached hydrogens (tertiary/aromatic N) is 3. The maximum absolute atomic E-state index is 13.8. The molecule has 11 nitrogen and oxygen atoms in total. The maximum Gasteiger partial charge on any atom is 0.274 e. The smallest absolute Gasteiger partial charge is 0.274 e. The van der Waals surface area contributed by atoms with Gasteiger partial charge in [0.15, 0.2) is 11.5 Å². The lowest BCUT2D eigenvalue weighted by Gasteiger charge is -2.17. The summed E-state index contributed by atoms with van der Waals surface area (Å²) in [6.45, 7) is 0.988. The molecule has 0 spiro atoms. The molecule has 7 rings (SSSR count). The fourth-order valence-corrected chi connectivity index (χ4v) is 6.08. The first-order valence-corrected chi connectivity index (χ1v) is 13.2. The molecule has 2 aromatic carbocycles. The van der Waals surface area contributed by atoms with Gasteiger partial charge in [-0.1, -0.05) is 0 Å². The summed E-state index contributed by atoms with van der Waals surface area (Å²) in [5.74, 6) is 0.880. The van der Waals surface area contributed by atoms with E-state index in [0.29, 0.717) is 64.9 Å². The van der Waals surface area contributed by atoms with Crippen LogP contribution in [0.4, 0.5) is 11.4 Å². The highest BCUT2D eigenvalue weighted by Crippen LogP contribution is 2.44. The number of aromatic nitrogens is 3. The number of pyridine rings is 1. The molecule has 3 aromatic heterocycles. The highest BCUT2D eigenvalue weighted by Gasteiger charge is 2.32. The van der Waals surface area contributed by atoms with E-state index in [1.807, 2.05) is 6.07 Å². The number of phenols is 1. The summed E-state index contributed by atoms with van der Waals surface area (Å²) in [7, 11) is 4.59. The SMILES string of the molecule is COc1cc2cc(C(=O)N3CCc4c3cc(O)c3[nH]c(C(=O)N5CCc6cnccc65)cc43)[nH]c2c(OC)c1OC. The molecule has 0 saturated carbocycles. The number of aromatic amines is 2. The van der Waals surface area contributed by atoms with Gasteiger partial charge in [-0.25, -0.2) is 0 Å². The quantitative estimate of drug-likeness (QED) is 0.297. The molecule has 208 valence electrons. The fourth-order valence-electron chi connectivity index (χ4n) is 6.08. The Morgan fingerprint density at radius 1 is 0.854 bits per heavy atom. The van der Waals surface area contributed by atoms with E-state index in [1.54, 1.807) is 46.5 Å². The minimum Gasteiger partial charge on any atom is -0.506 e. The first kappa shape index (κ1) is 24.8. The van der Waals surface area contributed by atoms with E-state index >= 15 is 0 Å². The Labute approximate surface area is 234 Å². The Kier molecular flexibility index (Phi) is 5.56. The summed E-state index contributed by atoms with van der Waals surface area (Å²) in [4.78, 5) is 41.1. The van der Waals surface area contributed by atoms with Crippen LogP contribution in [0.25, 0.3) is 21.8 Å². The van der Waals surface area contributed by atoms with E-state index in [9.17, 15) is 14.7 Å². The third-order valence-corrected chi connectivity index (χ3v) is 8.00. The molecule has 3 N–H and O–H groups in total. The van der Waals surface area contributed by atoms with Gasteiger partial charge in [-0.2, -0.15) is 0 Å². The highest BCUT2D eigenvalue weighted by atomic mass is 16.5. The van der Waals surface area contributed by atoms with E-state index in [4.69, 9.17) is 14.2 Å². The van der Waals surface area contributed by atoms with Gasteiger partial charge in [-0.3, -0.25) is 14.6 Å².